The average molecular weight is 636 g/mol. The highest BCUT2D eigenvalue weighted by Crippen LogP contribution is 2.45. The average Bonchev–Trinajstić information content (AvgIpc) is 2.96. The number of nitrogens with one attached hydrogen (secondary N) is 1. The second-order valence-corrected chi connectivity index (χ2v) is 10.8. The van der Waals surface area contributed by atoms with E-state index in [-0.39, 0.29) is 0 Å². The van der Waals surface area contributed by atoms with Crippen molar-refractivity contribution in [3.8, 4) is 11.1 Å². The van der Waals surface area contributed by atoms with Crippen LogP contribution in [0.5, 0.6) is 0 Å². The van der Waals surface area contributed by atoms with Crippen LogP contribution in [0.1, 0.15) is 96.6 Å². The lowest BCUT2D eigenvalue weighted by molar-refractivity contribution is -0.139. The Hall–Kier alpha value is -2.37. The number of unbranched alkanes of at least 4 members (excludes halogenated alkanes) is 3. The van der Waals surface area contributed by atoms with Gasteiger partial charge in [-0.2, -0.15) is 13.2 Å². The van der Waals surface area contributed by atoms with E-state index in [1.54, 1.807) is 0 Å². The van der Waals surface area contributed by atoms with Crippen LogP contribution >= 0.6 is 0 Å². The van der Waals surface area contributed by atoms with Crippen molar-refractivity contribution in [1.82, 2.24) is 5.32 Å². The van der Waals surface area contributed by atoms with Crippen LogP contribution in [-0.4, -0.2) is 13.1 Å². The second kappa shape index (κ2) is 17.8. The quantitative estimate of drug-likeness (QED) is 0.0943. The summed E-state index contributed by atoms with van der Waals surface area (Å²) in [5, 5.41) is 3.62. The smallest absolute Gasteiger partial charge is 0.316 e. The molecule has 0 aliphatic heterocycles. The zero-order valence-corrected chi connectivity index (χ0v) is 25.1. The molecule has 2 rings (SSSR count). The summed E-state index contributed by atoms with van der Waals surface area (Å²) in [7, 11) is 0. The van der Waals surface area contributed by atoms with Gasteiger partial charge in [0.2, 0.25) is 5.82 Å². The van der Waals surface area contributed by atoms with Crippen molar-refractivity contribution in [3.05, 3.63) is 57.7 Å². The molecule has 2 aromatic rings. The van der Waals surface area contributed by atoms with Crippen LogP contribution in [0, 0.1) is 65.3 Å². The number of hydrogen-bond acceptors (Lipinski definition) is 1. The van der Waals surface area contributed by atoms with E-state index >= 15 is 0 Å². The highest BCUT2D eigenvalue weighted by molar-refractivity contribution is 5.73. The zero-order chi connectivity index (χ0) is 33.1. The van der Waals surface area contributed by atoms with Crippen molar-refractivity contribution in [2.45, 2.75) is 98.6 Å². The van der Waals surface area contributed by atoms with E-state index in [2.05, 4.69) is 33.0 Å². The molecule has 0 aliphatic rings. The SMILES string of the molecule is CCCCCCNCC(C)CCC(CC)CCC.Cc1c(F)c(F)c(F)c(C(F)(F)F)c1-c1c(F)c(F)c(F)c(F)c1F. The summed E-state index contributed by atoms with van der Waals surface area (Å²) in [6.45, 7) is 12.1. The predicted molar refractivity (Wildman–Crippen MR) is 145 cm³/mol. The van der Waals surface area contributed by atoms with Gasteiger partial charge in [-0.3, -0.25) is 0 Å². The maximum atomic E-state index is 13.8. The molecule has 1 N–H and O–H groups in total. The van der Waals surface area contributed by atoms with E-state index in [1.807, 2.05) is 0 Å². The third-order valence-corrected chi connectivity index (χ3v) is 7.34. The predicted octanol–water partition coefficient (Wildman–Crippen LogP) is 11.2. The Morgan fingerprint density at radius 2 is 1.14 bits per heavy atom. The van der Waals surface area contributed by atoms with Gasteiger partial charge < -0.3 is 5.32 Å². The third-order valence-electron chi connectivity index (χ3n) is 7.34. The number of halogens is 11. The summed E-state index contributed by atoms with van der Waals surface area (Å²) in [5.41, 5.74) is -8.45. The summed E-state index contributed by atoms with van der Waals surface area (Å²) in [4.78, 5) is 0. The van der Waals surface area contributed by atoms with Gasteiger partial charge in [-0.05, 0) is 50.3 Å². The van der Waals surface area contributed by atoms with Crippen LogP contribution in [0.15, 0.2) is 0 Å². The van der Waals surface area contributed by atoms with E-state index in [1.165, 1.54) is 70.9 Å². The van der Waals surface area contributed by atoms with Crippen LogP contribution in [-0.2, 0) is 6.18 Å². The lowest BCUT2D eigenvalue weighted by Gasteiger charge is -2.19. The maximum absolute atomic E-state index is 13.8. The van der Waals surface area contributed by atoms with Crippen LogP contribution in [0.25, 0.3) is 11.1 Å². The fourth-order valence-corrected chi connectivity index (χ4v) is 4.79. The Morgan fingerprint density at radius 3 is 1.63 bits per heavy atom. The lowest BCUT2D eigenvalue weighted by Crippen LogP contribution is -2.22. The van der Waals surface area contributed by atoms with E-state index in [4.69, 9.17) is 0 Å². The molecule has 2 aromatic carbocycles. The molecule has 0 fully saturated rings. The fourth-order valence-electron chi connectivity index (χ4n) is 4.79. The van der Waals surface area contributed by atoms with Crippen LogP contribution in [0.4, 0.5) is 48.3 Å². The van der Waals surface area contributed by atoms with E-state index in [9.17, 15) is 48.3 Å². The Morgan fingerprint density at radius 1 is 0.605 bits per heavy atom. The van der Waals surface area contributed by atoms with Gasteiger partial charge in [-0.25, -0.2) is 35.1 Å². The first-order valence-electron chi connectivity index (χ1n) is 14.5. The molecule has 0 radical (unpaired) electrons. The van der Waals surface area contributed by atoms with Gasteiger partial charge in [0.1, 0.15) is 5.56 Å². The molecule has 2 unspecified atom stereocenters. The Balaban J connectivity index is 0.000000457. The van der Waals surface area contributed by atoms with Gasteiger partial charge in [0.25, 0.3) is 0 Å². The molecule has 0 saturated carbocycles. The fraction of sp³-hybridized carbons (Fsp3) is 0.613. The van der Waals surface area contributed by atoms with Gasteiger partial charge in [0.05, 0.1) is 5.56 Å². The highest BCUT2D eigenvalue weighted by Gasteiger charge is 2.43. The van der Waals surface area contributed by atoms with Crippen molar-refractivity contribution >= 4 is 0 Å². The van der Waals surface area contributed by atoms with E-state index in [0.29, 0.717) is 6.92 Å². The molecule has 12 heteroatoms. The highest BCUT2D eigenvalue weighted by atomic mass is 19.4. The van der Waals surface area contributed by atoms with Gasteiger partial charge in [0.15, 0.2) is 40.7 Å². The standard InChI is InChI=1S/C17H37N.C14H3F11/c1-5-8-9-10-14-18-15-16(4)12-13-17(7-3)11-6-2;1-2-3(4-7(16)11(20)13(22)12(21)8(4)17)5(14(23,24)25)9(18)10(19)6(2)15/h16-18H,5-15H2,1-4H3;1H3. The zero-order valence-electron chi connectivity index (χ0n) is 25.1. The monoisotopic (exact) mass is 635 g/mol. The normalized spacial score (nSPS) is 13.1. The Labute approximate surface area is 246 Å². The molecule has 0 bridgehead atoms. The molecule has 1 nitrogen and oxygen atoms in total. The van der Waals surface area contributed by atoms with Gasteiger partial charge in [0, 0.05) is 5.56 Å². The van der Waals surface area contributed by atoms with Crippen LogP contribution in [0.3, 0.4) is 0 Å². The summed E-state index contributed by atoms with van der Waals surface area (Å²) in [6, 6.07) is 0. The molecule has 246 valence electrons. The lowest BCUT2D eigenvalue weighted by atomic mass is 9.91. The number of hydrogen-bond donors (Lipinski definition) is 1. The van der Waals surface area contributed by atoms with Gasteiger partial charge >= 0.3 is 6.18 Å². The second-order valence-electron chi connectivity index (χ2n) is 10.8. The minimum atomic E-state index is -5.83. The Bertz CT molecular complexity index is 1150. The molecule has 0 amide bonds. The molecule has 43 heavy (non-hydrogen) atoms. The topological polar surface area (TPSA) is 12.0 Å². The molecule has 0 spiro atoms. The molecule has 2 atom stereocenters. The maximum Gasteiger partial charge on any atom is 0.419 e. The summed E-state index contributed by atoms with van der Waals surface area (Å²) in [5.74, 6) is -19.4. The van der Waals surface area contributed by atoms with Crippen molar-refractivity contribution < 1.29 is 48.3 Å². The van der Waals surface area contributed by atoms with Crippen molar-refractivity contribution in [1.29, 1.82) is 0 Å². The van der Waals surface area contributed by atoms with E-state index in [0.717, 1.165) is 11.8 Å². The van der Waals surface area contributed by atoms with Gasteiger partial charge in [-0.15, -0.1) is 0 Å². The number of rotatable bonds is 14. The summed E-state index contributed by atoms with van der Waals surface area (Å²) < 4.78 is 146. The molecule has 0 heterocycles. The molecule has 0 aromatic heterocycles. The number of benzene rings is 2. The van der Waals surface area contributed by atoms with Gasteiger partial charge in [-0.1, -0.05) is 72.6 Å². The Kier molecular flexibility index (Phi) is 16.0. The largest absolute Gasteiger partial charge is 0.419 e. The molecule has 0 saturated heterocycles. The molecular weight excluding hydrogens is 595 g/mol. The van der Waals surface area contributed by atoms with Crippen molar-refractivity contribution in [2.24, 2.45) is 11.8 Å². The van der Waals surface area contributed by atoms with Crippen LogP contribution < -0.4 is 5.32 Å². The van der Waals surface area contributed by atoms with E-state index < -0.39 is 75.0 Å². The number of alkyl halides is 3. The first-order chi connectivity index (χ1) is 20.1. The van der Waals surface area contributed by atoms with Crippen molar-refractivity contribution in [2.75, 3.05) is 13.1 Å². The molecule has 0 aliphatic carbocycles. The molecular formula is C31H40F11N. The minimum absolute atomic E-state index is 0.362. The minimum Gasteiger partial charge on any atom is -0.316 e. The van der Waals surface area contributed by atoms with Crippen LogP contribution in [0.2, 0.25) is 0 Å². The van der Waals surface area contributed by atoms with Crippen molar-refractivity contribution in [3.63, 3.8) is 0 Å². The summed E-state index contributed by atoms with van der Waals surface area (Å²) >= 11 is 0. The third kappa shape index (κ3) is 10.4. The first-order valence-corrected chi connectivity index (χ1v) is 14.5. The summed E-state index contributed by atoms with van der Waals surface area (Å²) in [6.07, 6.45) is 6.63. The first kappa shape index (κ1) is 38.7.